The third-order valence-corrected chi connectivity index (χ3v) is 9.20. The van der Waals surface area contributed by atoms with E-state index in [1.165, 1.54) is 39.8 Å². The van der Waals surface area contributed by atoms with Gasteiger partial charge in [0, 0.05) is 36.1 Å². The van der Waals surface area contributed by atoms with E-state index < -0.39 is 65.4 Å². The van der Waals surface area contributed by atoms with E-state index >= 15 is 0 Å². The molecule has 1 fully saturated rings. The second kappa shape index (κ2) is 11.3. The zero-order valence-electron chi connectivity index (χ0n) is 23.0. The van der Waals surface area contributed by atoms with Crippen LogP contribution >= 0.6 is 11.8 Å². The summed E-state index contributed by atoms with van der Waals surface area (Å²) in [5.41, 5.74) is 0.664. The molecule has 4 heterocycles. The van der Waals surface area contributed by atoms with Gasteiger partial charge < -0.3 is 14.4 Å². The van der Waals surface area contributed by atoms with Crippen LogP contribution in [0.3, 0.4) is 0 Å². The molecule has 0 saturated carbocycles. The molecular formula is C30H27F4N3O5S. The van der Waals surface area contributed by atoms with Crippen molar-refractivity contribution in [1.82, 2.24) is 9.58 Å². The lowest BCUT2D eigenvalue weighted by Gasteiger charge is -2.46. The molecule has 0 N–H and O–H groups in total. The first-order valence-corrected chi connectivity index (χ1v) is 14.7. The molecule has 0 bridgehead atoms. The van der Waals surface area contributed by atoms with Crippen molar-refractivity contribution < 1.29 is 36.6 Å². The molecule has 3 aliphatic rings. The summed E-state index contributed by atoms with van der Waals surface area (Å²) in [6.07, 6.45) is -2.82. The number of ether oxygens (including phenoxy) is 2. The van der Waals surface area contributed by atoms with Crippen LogP contribution in [-0.4, -0.2) is 53.6 Å². The minimum atomic E-state index is -4.80. The highest BCUT2D eigenvalue weighted by Gasteiger charge is 2.48. The Hall–Kier alpha value is -3.84. The quantitative estimate of drug-likeness (QED) is 0.301. The van der Waals surface area contributed by atoms with Crippen molar-refractivity contribution in [3.63, 3.8) is 0 Å². The van der Waals surface area contributed by atoms with E-state index in [0.717, 1.165) is 23.4 Å². The normalized spacial score (nSPS) is 19.7. The van der Waals surface area contributed by atoms with Crippen LogP contribution in [0.5, 0.6) is 5.75 Å². The van der Waals surface area contributed by atoms with E-state index in [1.54, 1.807) is 12.1 Å². The number of amides is 1. The first-order valence-electron chi connectivity index (χ1n) is 13.7. The van der Waals surface area contributed by atoms with Crippen LogP contribution in [0.25, 0.3) is 0 Å². The number of carbonyl (C=O) groups excluding carboxylic acids is 2. The molecule has 3 aromatic rings. The van der Waals surface area contributed by atoms with Crippen LogP contribution in [0, 0.1) is 11.7 Å². The number of aromatic nitrogens is 1. The van der Waals surface area contributed by atoms with E-state index in [-0.39, 0.29) is 0 Å². The predicted molar refractivity (Wildman–Crippen MR) is 149 cm³/mol. The van der Waals surface area contributed by atoms with E-state index in [1.807, 2.05) is 18.2 Å². The molecule has 3 aliphatic heterocycles. The maximum atomic E-state index is 14.4. The van der Waals surface area contributed by atoms with Gasteiger partial charge >= 0.3 is 12.1 Å². The summed E-state index contributed by atoms with van der Waals surface area (Å²) >= 11 is 1.46. The van der Waals surface area contributed by atoms with Gasteiger partial charge in [0.05, 0.1) is 12.0 Å². The SMILES string of the molecule is C[C@@H](N1CN([C@H]2c3ccc(F)cc3CSc3ccccc32)n2ccc(=O)c(OC(=O)C3CCOCC3)c2C1=O)C(F)(F)F. The summed E-state index contributed by atoms with van der Waals surface area (Å²) in [5, 5.41) is 1.52. The van der Waals surface area contributed by atoms with Crippen molar-refractivity contribution in [3.8, 4) is 5.75 Å². The molecule has 0 spiro atoms. The van der Waals surface area contributed by atoms with Gasteiger partial charge in [-0.2, -0.15) is 13.2 Å². The fourth-order valence-corrected chi connectivity index (χ4v) is 6.77. The summed E-state index contributed by atoms with van der Waals surface area (Å²) < 4.78 is 69.0. The van der Waals surface area contributed by atoms with E-state index in [4.69, 9.17) is 9.47 Å². The molecule has 8 nitrogen and oxygen atoms in total. The van der Waals surface area contributed by atoms with Crippen molar-refractivity contribution in [2.45, 2.75) is 48.7 Å². The van der Waals surface area contributed by atoms with Crippen LogP contribution in [0.4, 0.5) is 17.6 Å². The zero-order valence-corrected chi connectivity index (χ0v) is 23.8. The Balaban J connectivity index is 1.55. The lowest BCUT2D eigenvalue weighted by molar-refractivity contribution is -0.173. The minimum absolute atomic E-state index is 0.314. The van der Waals surface area contributed by atoms with Crippen molar-refractivity contribution >= 4 is 23.6 Å². The monoisotopic (exact) mass is 617 g/mol. The number of thioether (sulfide) groups is 1. The third-order valence-electron chi connectivity index (χ3n) is 8.07. The van der Waals surface area contributed by atoms with Gasteiger partial charge in [-0.15, -0.1) is 11.8 Å². The minimum Gasteiger partial charge on any atom is -0.420 e. The Bertz CT molecular complexity index is 1640. The Kier molecular flexibility index (Phi) is 7.71. The largest absolute Gasteiger partial charge is 0.420 e. The Labute approximate surface area is 248 Å². The standard InChI is InChI=1S/C30H27F4N3O5S/c1-17(30(32,33)34)35-16-37(25-21-7-6-20(31)14-19(21)15-43-24-5-3-2-4-22(24)25)36-11-8-23(38)27(26(36)28(35)39)42-29(40)18-9-12-41-13-10-18/h2-8,11,14,17-18,25H,9-10,12-13,15-16H2,1H3/t17-,25+/m1/s1. The Morgan fingerprint density at radius 3 is 2.56 bits per heavy atom. The number of esters is 1. The molecule has 0 unspecified atom stereocenters. The number of alkyl halides is 3. The van der Waals surface area contributed by atoms with E-state index in [0.29, 0.717) is 47.8 Å². The van der Waals surface area contributed by atoms with Gasteiger partial charge in [0.2, 0.25) is 11.2 Å². The first kappa shape index (κ1) is 29.2. The van der Waals surface area contributed by atoms with Crippen LogP contribution in [0.2, 0.25) is 0 Å². The predicted octanol–water partition coefficient (Wildman–Crippen LogP) is 5.02. The number of benzene rings is 2. The molecule has 0 radical (unpaired) electrons. The molecule has 2 aromatic carbocycles. The van der Waals surface area contributed by atoms with Crippen LogP contribution in [0.15, 0.2) is 64.4 Å². The summed E-state index contributed by atoms with van der Waals surface area (Å²) in [7, 11) is 0. The lowest BCUT2D eigenvalue weighted by atomic mass is 9.94. The van der Waals surface area contributed by atoms with Crippen LogP contribution in [-0.2, 0) is 15.3 Å². The molecule has 1 aromatic heterocycles. The molecule has 1 saturated heterocycles. The van der Waals surface area contributed by atoms with E-state index in [2.05, 4.69) is 0 Å². The molecule has 0 aliphatic carbocycles. The topological polar surface area (TPSA) is 81.1 Å². The molecule has 1 amide bonds. The van der Waals surface area contributed by atoms with E-state index in [9.17, 15) is 31.9 Å². The van der Waals surface area contributed by atoms with Gasteiger partial charge in [0.25, 0.3) is 5.91 Å². The number of carbonyl (C=O) groups is 2. The summed E-state index contributed by atoms with van der Waals surface area (Å²) in [5.74, 6) is -3.15. The van der Waals surface area contributed by atoms with Crippen molar-refractivity contribution in [3.05, 3.63) is 93.2 Å². The van der Waals surface area contributed by atoms with Crippen molar-refractivity contribution in [2.75, 3.05) is 24.9 Å². The zero-order chi connectivity index (χ0) is 30.5. The molecule has 13 heteroatoms. The fourth-order valence-electron chi connectivity index (χ4n) is 5.69. The second-order valence-electron chi connectivity index (χ2n) is 10.7. The van der Waals surface area contributed by atoms with Gasteiger partial charge in [-0.05, 0) is 54.7 Å². The van der Waals surface area contributed by atoms with Crippen molar-refractivity contribution in [2.24, 2.45) is 5.92 Å². The molecule has 43 heavy (non-hydrogen) atoms. The average molecular weight is 618 g/mol. The number of nitrogens with zero attached hydrogens (tertiary/aromatic N) is 3. The highest BCUT2D eigenvalue weighted by atomic mass is 32.2. The number of hydrogen-bond acceptors (Lipinski definition) is 7. The summed E-state index contributed by atoms with van der Waals surface area (Å²) in [6, 6.07) is 9.65. The van der Waals surface area contributed by atoms with Gasteiger partial charge in [-0.25, -0.2) is 4.39 Å². The number of halogens is 4. The molecule has 2 atom stereocenters. The van der Waals surface area contributed by atoms with Gasteiger partial charge in [0.1, 0.15) is 18.5 Å². The maximum absolute atomic E-state index is 14.4. The highest BCUT2D eigenvalue weighted by molar-refractivity contribution is 7.98. The van der Waals surface area contributed by atoms with Crippen LogP contribution in [0.1, 0.15) is 53.0 Å². The maximum Gasteiger partial charge on any atom is 0.408 e. The van der Waals surface area contributed by atoms with Crippen LogP contribution < -0.4 is 15.2 Å². The summed E-state index contributed by atoms with van der Waals surface area (Å²) in [4.78, 5) is 41.5. The summed E-state index contributed by atoms with van der Waals surface area (Å²) in [6.45, 7) is 0.965. The third kappa shape index (κ3) is 5.40. The number of rotatable bonds is 4. The van der Waals surface area contributed by atoms with Gasteiger partial charge in [0.15, 0.2) is 5.69 Å². The number of pyridine rings is 1. The number of hydrogen-bond donors (Lipinski definition) is 0. The Morgan fingerprint density at radius 1 is 1.07 bits per heavy atom. The Morgan fingerprint density at radius 2 is 1.81 bits per heavy atom. The fraction of sp³-hybridized carbons (Fsp3) is 0.367. The highest BCUT2D eigenvalue weighted by Crippen LogP contribution is 2.43. The van der Waals surface area contributed by atoms with Gasteiger partial charge in [-0.3, -0.25) is 24.1 Å². The smallest absolute Gasteiger partial charge is 0.408 e. The van der Waals surface area contributed by atoms with Crippen molar-refractivity contribution in [1.29, 1.82) is 0 Å². The van der Waals surface area contributed by atoms with Gasteiger partial charge in [-0.1, -0.05) is 24.3 Å². The number of fused-ring (bicyclic) bond motifs is 3. The second-order valence-corrected chi connectivity index (χ2v) is 11.7. The molecule has 226 valence electrons. The lowest BCUT2D eigenvalue weighted by Crippen LogP contribution is -2.60. The molecule has 6 rings (SSSR count). The average Bonchev–Trinajstić information content (AvgIpc) is 3.15. The first-order chi connectivity index (χ1) is 20.5. The molecular weight excluding hydrogens is 590 g/mol.